The van der Waals surface area contributed by atoms with Crippen molar-refractivity contribution in [3.05, 3.63) is 50.6 Å². The van der Waals surface area contributed by atoms with Crippen LogP contribution in [0.2, 0.25) is 0 Å². The summed E-state index contributed by atoms with van der Waals surface area (Å²) in [5.74, 6) is -1.11. The lowest BCUT2D eigenvalue weighted by atomic mass is 10.2. The van der Waals surface area contributed by atoms with Crippen LogP contribution in [0.25, 0.3) is 0 Å². The number of benzene rings is 1. The molecule has 5 nitrogen and oxygen atoms in total. The first kappa shape index (κ1) is 15.2. The average Bonchev–Trinajstić information content (AvgIpc) is 2.89. The van der Waals surface area contributed by atoms with Gasteiger partial charge in [0.15, 0.2) is 0 Å². The first-order chi connectivity index (χ1) is 9.40. The van der Waals surface area contributed by atoms with Crippen LogP contribution in [0.5, 0.6) is 0 Å². The molecule has 1 heterocycles. The van der Waals surface area contributed by atoms with E-state index in [1.54, 1.807) is 0 Å². The molecule has 0 aliphatic rings. The number of thiophene rings is 1. The molecule has 0 saturated carbocycles. The summed E-state index contributed by atoms with van der Waals surface area (Å²) in [4.78, 5) is 10.8. The molecule has 8 heteroatoms. The standard InChI is InChI=1S/C12H10BrNO4S2/c13-10-5-9(12(15)16)1-2-11(10)20(17,18)14-6-8-3-4-19-7-8/h1-5,7,14H,6H2,(H,15,16). The second-order valence-electron chi connectivity index (χ2n) is 3.91. The topological polar surface area (TPSA) is 83.5 Å². The molecule has 2 N–H and O–H groups in total. The molecule has 0 aliphatic carbocycles. The fourth-order valence-corrected chi connectivity index (χ4v) is 4.26. The van der Waals surface area contributed by atoms with Crippen molar-refractivity contribution in [1.82, 2.24) is 4.72 Å². The summed E-state index contributed by atoms with van der Waals surface area (Å²) in [5, 5.41) is 12.6. The average molecular weight is 376 g/mol. The second kappa shape index (κ2) is 6.04. The molecule has 106 valence electrons. The molecule has 0 spiro atoms. The lowest BCUT2D eigenvalue weighted by molar-refractivity contribution is 0.0696. The Balaban J connectivity index is 2.23. The normalized spacial score (nSPS) is 11.4. The van der Waals surface area contributed by atoms with Crippen molar-refractivity contribution >= 4 is 43.3 Å². The molecule has 0 saturated heterocycles. The van der Waals surface area contributed by atoms with Gasteiger partial charge in [-0.2, -0.15) is 11.3 Å². The maximum absolute atomic E-state index is 12.1. The van der Waals surface area contributed by atoms with Crippen molar-refractivity contribution in [2.75, 3.05) is 0 Å². The number of rotatable bonds is 5. The molecule has 0 amide bonds. The monoisotopic (exact) mass is 375 g/mol. The third kappa shape index (κ3) is 3.45. The van der Waals surface area contributed by atoms with Crippen LogP contribution in [0.4, 0.5) is 0 Å². The highest BCUT2D eigenvalue weighted by Crippen LogP contribution is 2.23. The minimum Gasteiger partial charge on any atom is -0.478 e. The zero-order valence-corrected chi connectivity index (χ0v) is 13.3. The zero-order chi connectivity index (χ0) is 14.8. The van der Waals surface area contributed by atoms with Gasteiger partial charge < -0.3 is 5.11 Å². The summed E-state index contributed by atoms with van der Waals surface area (Å²) in [6.07, 6.45) is 0. The largest absolute Gasteiger partial charge is 0.478 e. The Bertz CT molecular complexity index is 726. The molecule has 20 heavy (non-hydrogen) atoms. The summed E-state index contributed by atoms with van der Waals surface area (Å²) in [6, 6.07) is 5.62. The molecular weight excluding hydrogens is 366 g/mol. The molecule has 0 bridgehead atoms. The van der Waals surface area contributed by atoms with Gasteiger partial charge in [0.2, 0.25) is 10.0 Å². The predicted molar refractivity (Wildman–Crippen MR) is 79.4 cm³/mol. The van der Waals surface area contributed by atoms with E-state index >= 15 is 0 Å². The number of sulfonamides is 1. The Labute approximate surface area is 128 Å². The number of aromatic carboxylic acids is 1. The Morgan fingerprint density at radius 3 is 2.65 bits per heavy atom. The van der Waals surface area contributed by atoms with Crippen molar-refractivity contribution in [2.24, 2.45) is 0 Å². The Hall–Kier alpha value is -1.22. The Morgan fingerprint density at radius 1 is 1.35 bits per heavy atom. The molecule has 2 rings (SSSR count). The smallest absolute Gasteiger partial charge is 0.335 e. The molecule has 0 unspecified atom stereocenters. The summed E-state index contributed by atoms with van der Waals surface area (Å²) >= 11 is 4.57. The van der Waals surface area contributed by atoms with E-state index in [9.17, 15) is 13.2 Å². The van der Waals surface area contributed by atoms with Crippen LogP contribution in [0, 0.1) is 0 Å². The molecule has 0 atom stereocenters. The van der Waals surface area contributed by atoms with Gasteiger partial charge in [-0.1, -0.05) is 0 Å². The summed E-state index contributed by atoms with van der Waals surface area (Å²) in [7, 11) is -3.69. The Morgan fingerprint density at radius 2 is 2.10 bits per heavy atom. The Kier molecular flexibility index (Phi) is 4.59. The van der Waals surface area contributed by atoms with Gasteiger partial charge in [-0.3, -0.25) is 0 Å². The van der Waals surface area contributed by atoms with Crippen LogP contribution in [0.1, 0.15) is 15.9 Å². The zero-order valence-electron chi connectivity index (χ0n) is 10.0. The number of carboxylic acids is 1. The van der Waals surface area contributed by atoms with Crippen LogP contribution in [-0.2, 0) is 16.6 Å². The van der Waals surface area contributed by atoms with Gasteiger partial charge in [0.05, 0.1) is 10.5 Å². The van der Waals surface area contributed by atoms with Gasteiger partial charge in [0.1, 0.15) is 0 Å². The SMILES string of the molecule is O=C(O)c1ccc(S(=O)(=O)NCc2ccsc2)c(Br)c1. The molecule has 0 radical (unpaired) electrons. The molecule has 0 aliphatic heterocycles. The maximum atomic E-state index is 12.1. The fraction of sp³-hybridized carbons (Fsp3) is 0.0833. The van der Waals surface area contributed by atoms with Crippen molar-refractivity contribution < 1.29 is 18.3 Å². The van der Waals surface area contributed by atoms with E-state index in [0.29, 0.717) is 0 Å². The van der Waals surface area contributed by atoms with Gasteiger partial charge in [0, 0.05) is 11.0 Å². The second-order valence-corrected chi connectivity index (χ2v) is 7.28. The summed E-state index contributed by atoms with van der Waals surface area (Å²) < 4.78 is 27.0. The number of hydrogen-bond donors (Lipinski definition) is 2. The van der Waals surface area contributed by atoms with E-state index in [-0.39, 0.29) is 21.5 Å². The van der Waals surface area contributed by atoms with E-state index < -0.39 is 16.0 Å². The minimum atomic E-state index is -3.69. The summed E-state index contributed by atoms with van der Waals surface area (Å²) in [5.41, 5.74) is 0.894. The number of carbonyl (C=O) groups is 1. The van der Waals surface area contributed by atoms with Crippen molar-refractivity contribution in [3.8, 4) is 0 Å². The molecule has 1 aromatic carbocycles. The van der Waals surface area contributed by atoms with E-state index in [2.05, 4.69) is 20.7 Å². The van der Waals surface area contributed by atoms with E-state index in [4.69, 9.17) is 5.11 Å². The van der Waals surface area contributed by atoms with Gasteiger partial charge >= 0.3 is 5.97 Å². The molecule has 1 aromatic heterocycles. The number of halogens is 1. The van der Waals surface area contributed by atoms with Crippen molar-refractivity contribution in [3.63, 3.8) is 0 Å². The van der Waals surface area contributed by atoms with Gasteiger partial charge in [-0.15, -0.1) is 0 Å². The lowest BCUT2D eigenvalue weighted by Crippen LogP contribution is -2.23. The third-order valence-corrected chi connectivity index (χ3v) is 5.62. The first-order valence-corrected chi connectivity index (χ1v) is 8.65. The minimum absolute atomic E-state index is 0.0118. The maximum Gasteiger partial charge on any atom is 0.335 e. The molecule has 2 aromatic rings. The van der Waals surface area contributed by atoms with Crippen LogP contribution in [-0.4, -0.2) is 19.5 Å². The van der Waals surface area contributed by atoms with E-state index in [1.165, 1.54) is 29.5 Å². The number of carboxylic acid groups (broad SMARTS) is 1. The van der Waals surface area contributed by atoms with Crippen LogP contribution < -0.4 is 4.72 Å². The number of hydrogen-bond acceptors (Lipinski definition) is 4. The third-order valence-electron chi connectivity index (χ3n) is 2.51. The summed E-state index contributed by atoms with van der Waals surface area (Å²) in [6.45, 7) is 0.193. The van der Waals surface area contributed by atoms with Crippen molar-refractivity contribution in [2.45, 2.75) is 11.4 Å². The highest BCUT2D eigenvalue weighted by molar-refractivity contribution is 9.10. The van der Waals surface area contributed by atoms with E-state index in [1.807, 2.05) is 16.8 Å². The molecule has 0 fully saturated rings. The van der Waals surface area contributed by atoms with Crippen LogP contribution in [0.3, 0.4) is 0 Å². The van der Waals surface area contributed by atoms with E-state index in [0.717, 1.165) is 5.56 Å². The fourth-order valence-electron chi connectivity index (χ4n) is 1.50. The molecular formula is C12H10BrNO4S2. The van der Waals surface area contributed by atoms with Crippen LogP contribution >= 0.6 is 27.3 Å². The van der Waals surface area contributed by atoms with Gasteiger partial charge in [-0.05, 0) is 56.5 Å². The first-order valence-electron chi connectivity index (χ1n) is 5.44. The number of nitrogens with one attached hydrogen (secondary N) is 1. The predicted octanol–water partition coefficient (Wildman–Crippen LogP) is 2.69. The van der Waals surface area contributed by atoms with Gasteiger partial charge in [-0.25, -0.2) is 17.9 Å². The highest BCUT2D eigenvalue weighted by Gasteiger charge is 2.18. The lowest BCUT2D eigenvalue weighted by Gasteiger charge is -2.08. The van der Waals surface area contributed by atoms with Gasteiger partial charge in [0.25, 0.3) is 0 Å². The quantitative estimate of drug-likeness (QED) is 0.841. The van der Waals surface area contributed by atoms with Crippen LogP contribution in [0.15, 0.2) is 44.4 Å². The van der Waals surface area contributed by atoms with Crippen molar-refractivity contribution in [1.29, 1.82) is 0 Å². The highest BCUT2D eigenvalue weighted by atomic mass is 79.9.